The van der Waals surface area contributed by atoms with E-state index >= 15 is 0 Å². The number of ether oxygens (including phenoxy) is 14. The molecule has 0 spiro atoms. The zero-order valence-electron chi connectivity index (χ0n) is 44.2. The summed E-state index contributed by atoms with van der Waals surface area (Å²) in [7, 11) is 22.0. The summed E-state index contributed by atoms with van der Waals surface area (Å²) in [4.78, 5) is 0. The summed E-state index contributed by atoms with van der Waals surface area (Å²) in [5, 5.41) is 0. The molecule has 0 saturated carbocycles. The van der Waals surface area contributed by atoms with E-state index in [9.17, 15) is 0 Å². The SMILES string of the molecule is COc1cc(C#C/C(Cc2cc(OC)c(OC)c(OC)c2)=C(\Cc2cc(OC)c(OC)c(OC)c2)c2ccc(C#Cc3cc(OC)c(OC)c(OC)c3)c(OC)c2)ccc1C#Cc1cc(OC)c(OC)c(OC)c1. The van der Waals surface area contributed by atoms with Crippen molar-refractivity contribution >= 4 is 5.57 Å². The van der Waals surface area contributed by atoms with Crippen LogP contribution in [-0.2, 0) is 12.8 Å². The smallest absolute Gasteiger partial charge is 0.203 e. The first kappa shape index (κ1) is 54.3. The molecule has 6 aromatic carbocycles. The average Bonchev–Trinajstić information content (AvgIpc) is 3.44. The second-order valence-electron chi connectivity index (χ2n) is 15.8. The molecule has 0 saturated heterocycles. The van der Waals surface area contributed by atoms with Crippen LogP contribution in [0.4, 0.5) is 0 Å². The summed E-state index contributed by atoms with van der Waals surface area (Å²) in [6, 6.07) is 26.3. The Bertz CT molecular complexity index is 3110. The van der Waals surface area contributed by atoms with Crippen LogP contribution in [0.5, 0.6) is 80.5 Å². The van der Waals surface area contributed by atoms with Gasteiger partial charge in [0.2, 0.25) is 23.0 Å². The molecule has 0 fully saturated rings. The van der Waals surface area contributed by atoms with Crippen LogP contribution in [0, 0.1) is 35.5 Å². The third-order valence-corrected chi connectivity index (χ3v) is 11.7. The number of hydrogen-bond acceptors (Lipinski definition) is 14. The first-order chi connectivity index (χ1) is 36.0. The molecule has 0 aliphatic heterocycles. The maximum absolute atomic E-state index is 6.06. The Labute approximate surface area is 433 Å². The number of hydrogen-bond donors (Lipinski definition) is 0. The molecule has 0 N–H and O–H groups in total. The summed E-state index contributed by atoms with van der Waals surface area (Å²) < 4.78 is 79.9. The minimum atomic E-state index is 0.323. The van der Waals surface area contributed by atoms with Crippen LogP contribution in [0.25, 0.3) is 5.57 Å². The zero-order valence-corrected chi connectivity index (χ0v) is 44.2. The molecule has 0 aliphatic rings. The Hall–Kier alpha value is -9.06. The van der Waals surface area contributed by atoms with Crippen molar-refractivity contribution in [1.82, 2.24) is 0 Å². The Kier molecular flexibility index (Phi) is 19.0. The standard InChI is InChI=1S/C60H60O14/c1-61-47-27-37(15-19-42(47)20-17-38-28-49(63-3)57(71-11)50(29-38)64-4)16-22-44(25-40-32-53(67-7)59(73-13)54(33-40)68-8)46(26-41-34-55(69-9)60(74-14)56(35-41)70-10)45-24-23-43(48(36-45)62-2)21-18-39-30-51(65-5)58(72-12)52(31-39)66-6/h15,19,23-24,27-36H,25-26H2,1-14H3/b46-44-. The average molecular weight is 1010 g/mol. The lowest BCUT2D eigenvalue weighted by Crippen LogP contribution is -2.03. The van der Waals surface area contributed by atoms with Gasteiger partial charge >= 0.3 is 0 Å². The highest BCUT2D eigenvalue weighted by Crippen LogP contribution is 2.43. The van der Waals surface area contributed by atoms with Gasteiger partial charge in [-0.25, -0.2) is 0 Å². The Morgan fingerprint density at radius 3 is 0.986 bits per heavy atom. The van der Waals surface area contributed by atoms with Gasteiger partial charge in [-0.2, -0.15) is 0 Å². The summed E-state index contributed by atoms with van der Waals surface area (Å²) in [6.07, 6.45) is 0.674. The summed E-state index contributed by atoms with van der Waals surface area (Å²) >= 11 is 0. The van der Waals surface area contributed by atoms with Crippen LogP contribution in [0.15, 0.2) is 90.5 Å². The predicted molar refractivity (Wildman–Crippen MR) is 284 cm³/mol. The molecule has 384 valence electrons. The maximum atomic E-state index is 6.06. The van der Waals surface area contributed by atoms with Crippen molar-refractivity contribution in [2.45, 2.75) is 12.8 Å². The first-order valence-electron chi connectivity index (χ1n) is 22.8. The fraction of sp³-hybridized carbons (Fsp3) is 0.267. The molecule has 0 radical (unpaired) electrons. The van der Waals surface area contributed by atoms with E-state index < -0.39 is 0 Å². The lowest BCUT2D eigenvalue weighted by Gasteiger charge is -2.18. The van der Waals surface area contributed by atoms with Gasteiger partial charge in [0.25, 0.3) is 0 Å². The van der Waals surface area contributed by atoms with Gasteiger partial charge in [-0.1, -0.05) is 41.6 Å². The van der Waals surface area contributed by atoms with Crippen molar-refractivity contribution < 1.29 is 66.3 Å². The normalized spacial score (nSPS) is 10.6. The monoisotopic (exact) mass is 1000 g/mol. The minimum absolute atomic E-state index is 0.323. The van der Waals surface area contributed by atoms with Crippen LogP contribution in [0.2, 0.25) is 0 Å². The van der Waals surface area contributed by atoms with E-state index in [-0.39, 0.29) is 0 Å². The first-order valence-corrected chi connectivity index (χ1v) is 22.8. The minimum Gasteiger partial charge on any atom is -0.495 e. The second kappa shape index (κ2) is 25.9. The van der Waals surface area contributed by atoms with Crippen LogP contribution in [-0.4, -0.2) is 99.5 Å². The quantitative estimate of drug-likeness (QED) is 0.0714. The highest BCUT2D eigenvalue weighted by molar-refractivity contribution is 5.78. The number of benzene rings is 6. The van der Waals surface area contributed by atoms with E-state index in [4.69, 9.17) is 66.3 Å². The van der Waals surface area contributed by atoms with E-state index in [2.05, 4.69) is 35.5 Å². The van der Waals surface area contributed by atoms with Gasteiger partial charge in [0.1, 0.15) is 11.5 Å². The number of rotatable bonds is 19. The Morgan fingerprint density at radius 1 is 0.297 bits per heavy atom. The van der Waals surface area contributed by atoms with E-state index in [0.717, 1.165) is 27.8 Å². The van der Waals surface area contributed by atoms with E-state index in [1.54, 1.807) is 124 Å². The topological polar surface area (TPSA) is 129 Å². The van der Waals surface area contributed by atoms with Gasteiger partial charge < -0.3 is 66.3 Å². The molecule has 6 aromatic rings. The molecular formula is C60H60O14. The molecule has 0 aliphatic carbocycles. The van der Waals surface area contributed by atoms with Crippen LogP contribution in [0.1, 0.15) is 44.5 Å². The van der Waals surface area contributed by atoms with Crippen LogP contribution in [0.3, 0.4) is 0 Å². The highest BCUT2D eigenvalue weighted by atomic mass is 16.6. The van der Waals surface area contributed by atoms with Gasteiger partial charge in [-0.3, -0.25) is 0 Å². The Morgan fingerprint density at radius 2 is 0.622 bits per heavy atom. The molecule has 0 heterocycles. The van der Waals surface area contributed by atoms with Crippen molar-refractivity contribution in [2.75, 3.05) is 99.5 Å². The van der Waals surface area contributed by atoms with Gasteiger partial charge in [0.05, 0.1) is 111 Å². The molecule has 6 rings (SSSR count). The van der Waals surface area contributed by atoms with Crippen molar-refractivity contribution in [2.24, 2.45) is 0 Å². The van der Waals surface area contributed by atoms with Crippen molar-refractivity contribution in [3.05, 3.63) is 135 Å². The van der Waals surface area contributed by atoms with E-state index in [1.165, 1.54) is 0 Å². The number of methoxy groups -OCH3 is 14. The third kappa shape index (κ3) is 12.3. The fourth-order valence-corrected chi connectivity index (χ4v) is 8.08. The zero-order chi connectivity index (χ0) is 53.3. The lowest BCUT2D eigenvalue weighted by atomic mass is 9.89. The number of allylic oxidation sites excluding steroid dienone is 2. The molecule has 14 heteroatoms. The summed E-state index contributed by atoms with van der Waals surface area (Å²) in [5.41, 5.74) is 7.33. The van der Waals surface area contributed by atoms with Crippen molar-refractivity contribution in [1.29, 1.82) is 0 Å². The van der Waals surface area contributed by atoms with Gasteiger partial charge in [0.15, 0.2) is 46.0 Å². The van der Waals surface area contributed by atoms with Crippen molar-refractivity contribution in [3.8, 4) is 116 Å². The van der Waals surface area contributed by atoms with E-state index in [1.807, 2.05) is 60.7 Å². The fourth-order valence-electron chi connectivity index (χ4n) is 8.08. The van der Waals surface area contributed by atoms with Crippen LogP contribution >= 0.6 is 0 Å². The third-order valence-electron chi connectivity index (χ3n) is 11.7. The Balaban J connectivity index is 1.58. The van der Waals surface area contributed by atoms with Gasteiger partial charge in [-0.05, 0) is 108 Å². The molecule has 0 amide bonds. The predicted octanol–water partition coefficient (Wildman–Crippen LogP) is 9.90. The molecular weight excluding hydrogens is 945 g/mol. The molecule has 74 heavy (non-hydrogen) atoms. The molecule has 0 atom stereocenters. The van der Waals surface area contributed by atoms with Gasteiger partial charge in [0, 0.05) is 28.7 Å². The molecule has 0 bridgehead atoms. The molecule has 0 aromatic heterocycles. The van der Waals surface area contributed by atoms with Crippen LogP contribution < -0.4 is 66.3 Å². The van der Waals surface area contributed by atoms with Gasteiger partial charge in [-0.15, -0.1) is 0 Å². The summed E-state index contributed by atoms with van der Waals surface area (Å²) in [6.45, 7) is 0. The lowest BCUT2D eigenvalue weighted by molar-refractivity contribution is 0.324. The maximum Gasteiger partial charge on any atom is 0.203 e. The molecule has 14 nitrogen and oxygen atoms in total. The molecule has 0 unspecified atom stereocenters. The van der Waals surface area contributed by atoms with E-state index in [0.29, 0.717) is 121 Å². The van der Waals surface area contributed by atoms with Crippen molar-refractivity contribution in [3.63, 3.8) is 0 Å². The highest BCUT2D eigenvalue weighted by Gasteiger charge is 2.21. The summed E-state index contributed by atoms with van der Waals surface area (Å²) in [5.74, 6) is 26.8. The second-order valence-corrected chi connectivity index (χ2v) is 15.8. The largest absolute Gasteiger partial charge is 0.495 e.